The van der Waals surface area contributed by atoms with Gasteiger partial charge in [-0.1, -0.05) is 73.6 Å². The maximum absolute atomic E-state index is 12.0. The van der Waals surface area contributed by atoms with E-state index in [1.807, 2.05) is 58.7 Å². The zero-order valence-electron chi connectivity index (χ0n) is 29.2. The van der Waals surface area contributed by atoms with Crippen molar-refractivity contribution in [3.05, 3.63) is 98.9 Å². The maximum atomic E-state index is 12.0. The number of aryl methyl sites for hydroxylation is 2. The third kappa shape index (κ3) is 14.0. The van der Waals surface area contributed by atoms with Crippen LogP contribution in [0.5, 0.6) is 0 Å². The van der Waals surface area contributed by atoms with Crippen LogP contribution >= 0.6 is 22.9 Å². The van der Waals surface area contributed by atoms with Crippen LogP contribution in [0.15, 0.2) is 78.1 Å². The van der Waals surface area contributed by atoms with E-state index < -0.39 is 0 Å². The van der Waals surface area contributed by atoms with Gasteiger partial charge in [-0.15, -0.1) is 11.3 Å². The molecule has 1 aliphatic carbocycles. The lowest BCUT2D eigenvalue weighted by molar-refractivity contribution is -0.120. The van der Waals surface area contributed by atoms with Crippen LogP contribution in [0.3, 0.4) is 0 Å². The van der Waals surface area contributed by atoms with E-state index in [0.29, 0.717) is 5.92 Å². The van der Waals surface area contributed by atoms with Crippen molar-refractivity contribution in [1.29, 1.82) is 0 Å². The van der Waals surface area contributed by atoms with Gasteiger partial charge in [0.25, 0.3) is 0 Å². The molecule has 0 spiro atoms. The minimum absolute atomic E-state index is 0.244. The fourth-order valence-corrected chi connectivity index (χ4v) is 6.24. The number of piperazine rings is 1. The number of carbonyl (C=O) groups is 3. The van der Waals surface area contributed by atoms with Crippen molar-refractivity contribution in [2.45, 2.75) is 58.4 Å². The number of nitrogens with zero attached hydrogens (tertiary/aromatic N) is 3. The molecule has 8 nitrogen and oxygen atoms in total. The predicted molar refractivity (Wildman–Crippen MR) is 200 cm³/mol. The lowest BCUT2D eigenvalue weighted by Crippen LogP contribution is -2.43. The molecule has 0 amide bonds. The van der Waals surface area contributed by atoms with Crippen molar-refractivity contribution in [2.24, 2.45) is 5.18 Å². The number of hydrogen-bond acceptors (Lipinski definition) is 9. The Hall–Kier alpha value is -3.50. The maximum Gasteiger partial charge on any atom is 0.150 e. The Morgan fingerprint density at radius 2 is 1.60 bits per heavy atom. The van der Waals surface area contributed by atoms with Crippen molar-refractivity contribution < 1.29 is 14.4 Å². The highest BCUT2D eigenvalue weighted by molar-refractivity contribution is 7.15. The van der Waals surface area contributed by atoms with Crippen LogP contribution in [0, 0.1) is 11.8 Å². The first-order chi connectivity index (χ1) is 22.6. The fraction of sp³-hybridized carbons (Fsp3) is 0.432. The number of hydrogen-bond donors (Lipinski definition) is 1. The van der Waals surface area contributed by atoms with E-state index in [1.54, 1.807) is 18.3 Å². The minimum Gasteiger partial charge on any atom is -0.373 e. The van der Waals surface area contributed by atoms with E-state index in [2.05, 4.69) is 77.2 Å². The number of ketones is 1. The van der Waals surface area contributed by atoms with Crippen LogP contribution in [0.25, 0.3) is 10.4 Å². The highest BCUT2D eigenvalue weighted by atomic mass is 35.5. The average Bonchev–Trinajstić information content (AvgIpc) is 3.72. The monoisotopic (exact) mass is 684 g/mol. The van der Waals surface area contributed by atoms with Gasteiger partial charge in [-0.3, -0.25) is 4.79 Å². The Labute approximate surface area is 291 Å². The summed E-state index contributed by atoms with van der Waals surface area (Å²) in [5.41, 5.74) is 4.78. The van der Waals surface area contributed by atoms with Gasteiger partial charge < -0.3 is 24.7 Å². The first-order valence-electron chi connectivity index (χ1n) is 15.6. The van der Waals surface area contributed by atoms with Gasteiger partial charge in [0.2, 0.25) is 0 Å². The van der Waals surface area contributed by atoms with Crippen molar-refractivity contribution in [3.63, 3.8) is 0 Å². The average molecular weight is 685 g/mol. The van der Waals surface area contributed by atoms with Crippen LogP contribution in [0.2, 0.25) is 5.02 Å². The van der Waals surface area contributed by atoms with Crippen LogP contribution in [0.4, 0.5) is 0 Å². The Morgan fingerprint density at radius 1 is 1.02 bits per heavy atom. The number of likely N-dealkylation sites (N-methyl/N-ethyl adjacent to an activating group) is 2. The summed E-state index contributed by atoms with van der Waals surface area (Å²) in [5, 5.41) is 6.28. The van der Waals surface area contributed by atoms with Gasteiger partial charge in [0.15, 0.2) is 0 Å². The molecule has 10 heteroatoms. The van der Waals surface area contributed by atoms with E-state index in [-0.39, 0.29) is 11.3 Å². The molecule has 2 atom stereocenters. The number of benzene rings is 2. The van der Waals surface area contributed by atoms with Crippen LogP contribution in [-0.2, 0) is 20.8 Å². The van der Waals surface area contributed by atoms with E-state index in [0.717, 1.165) is 50.5 Å². The summed E-state index contributed by atoms with van der Waals surface area (Å²) in [6.45, 7) is 20.5. The van der Waals surface area contributed by atoms with E-state index in [1.165, 1.54) is 39.2 Å². The third-order valence-electron chi connectivity index (χ3n) is 7.91. The largest absolute Gasteiger partial charge is 0.373 e. The van der Waals surface area contributed by atoms with Gasteiger partial charge in [-0.25, -0.2) is 0 Å². The Balaban J connectivity index is 0.000000806. The molecule has 1 aromatic heterocycles. The zero-order chi connectivity index (χ0) is 36.0. The molecule has 1 N–H and O–H groups in total. The molecule has 2 unspecified atom stereocenters. The molecule has 2 aliphatic rings. The second-order valence-corrected chi connectivity index (χ2v) is 12.5. The van der Waals surface area contributed by atoms with Crippen molar-refractivity contribution in [2.75, 3.05) is 47.3 Å². The number of carbonyl (C=O) groups excluding carboxylic acids is 3. The van der Waals surface area contributed by atoms with E-state index >= 15 is 0 Å². The van der Waals surface area contributed by atoms with Gasteiger partial charge in [0.05, 0.1) is 12.6 Å². The van der Waals surface area contributed by atoms with Crippen molar-refractivity contribution >= 4 is 42.3 Å². The Morgan fingerprint density at radius 3 is 2.06 bits per heavy atom. The highest BCUT2D eigenvalue weighted by Gasteiger charge is 2.57. The van der Waals surface area contributed by atoms with E-state index in [9.17, 15) is 4.79 Å². The smallest absolute Gasteiger partial charge is 0.150 e. The normalized spacial score (nSPS) is 17.5. The molecule has 0 radical (unpaired) electrons. The number of rotatable bonds is 8. The molecule has 1 aliphatic heterocycles. The highest BCUT2D eigenvalue weighted by Crippen LogP contribution is 2.51. The second-order valence-electron chi connectivity index (χ2n) is 10.7. The summed E-state index contributed by atoms with van der Waals surface area (Å²) in [7, 11) is 5.26. The summed E-state index contributed by atoms with van der Waals surface area (Å²) in [5.74, 6) is 0.560. The predicted octanol–water partition coefficient (Wildman–Crippen LogP) is 7.83. The molecule has 1 saturated heterocycles. The molecular weight excluding hydrogens is 632 g/mol. The molecular formula is C37H53ClN4O4S. The summed E-state index contributed by atoms with van der Waals surface area (Å²) in [6, 6.07) is 21.0. The van der Waals surface area contributed by atoms with Gasteiger partial charge in [-0.05, 0) is 88.2 Å². The van der Waals surface area contributed by atoms with Crippen LogP contribution < -0.4 is 5.32 Å². The van der Waals surface area contributed by atoms with Crippen LogP contribution in [0.1, 0.15) is 55.5 Å². The molecule has 2 aromatic carbocycles. The first-order valence-corrected chi connectivity index (χ1v) is 16.8. The topological polar surface area (TPSA) is 99.2 Å². The number of allylic oxidation sites excluding steroid dienone is 1. The first kappa shape index (κ1) is 43.5. The van der Waals surface area contributed by atoms with Crippen molar-refractivity contribution in [3.8, 4) is 10.4 Å². The number of nitroso groups, excluding NO2 is 1. The van der Waals surface area contributed by atoms with E-state index in [4.69, 9.17) is 26.1 Å². The summed E-state index contributed by atoms with van der Waals surface area (Å²) < 4.78 is 0. The standard InChI is InChI=1S/C21H31N3O.C11H9ClS.C2H6.CH3NO.2CH2O/c1-16(24-12-10-23(4)11-13-24)8-9-18-6-5-7-19(14-18)20-15-21(20,22-3)17(2)25;1-8-2-7-11(13-8)9-3-5-10(12)6-4-9;1-2;1-2-3;2*1-2/h5-7,14,20,22H,1,8-13,15H2,2-4H3;2-7H,1H3;1-2H3;1H3;2*1H2. The number of thiophene rings is 1. The third-order valence-corrected chi connectivity index (χ3v) is 9.21. The lowest BCUT2D eigenvalue weighted by atomic mass is 9.99. The summed E-state index contributed by atoms with van der Waals surface area (Å²) >= 11 is 7.61. The van der Waals surface area contributed by atoms with Gasteiger partial charge in [-0.2, -0.15) is 4.91 Å². The molecule has 3 aromatic rings. The Bertz CT molecular complexity index is 1340. The fourth-order valence-electron chi connectivity index (χ4n) is 5.25. The quantitative estimate of drug-likeness (QED) is 0.242. The summed E-state index contributed by atoms with van der Waals surface area (Å²) in [4.78, 5) is 43.9. The molecule has 1 saturated carbocycles. The zero-order valence-corrected chi connectivity index (χ0v) is 30.8. The molecule has 258 valence electrons. The summed E-state index contributed by atoms with van der Waals surface area (Å²) in [6.07, 6.45) is 2.93. The lowest BCUT2D eigenvalue weighted by Gasteiger charge is -2.35. The molecule has 2 heterocycles. The van der Waals surface area contributed by atoms with Crippen LogP contribution in [-0.4, -0.2) is 82.0 Å². The molecule has 2 fully saturated rings. The van der Waals surface area contributed by atoms with Gasteiger partial charge in [0, 0.05) is 52.6 Å². The van der Waals surface area contributed by atoms with Gasteiger partial charge in [0.1, 0.15) is 19.4 Å². The second kappa shape index (κ2) is 23.8. The Kier molecular flexibility index (Phi) is 22.0. The van der Waals surface area contributed by atoms with Gasteiger partial charge >= 0.3 is 0 Å². The molecule has 5 rings (SSSR count). The van der Waals surface area contributed by atoms with Crippen molar-refractivity contribution in [1.82, 2.24) is 15.1 Å². The number of Topliss-reactive ketones (excluding diaryl/α,β-unsaturated/α-hetero) is 1. The molecule has 47 heavy (non-hydrogen) atoms. The SMILES string of the molecule is C=C(CCc1cccc(C2CC2(NC)C(C)=O)c1)N1CCN(C)CC1.C=O.C=O.CC.CN=O.Cc1ccc(-c2ccc(Cl)cc2)s1. The molecule has 0 bridgehead atoms. The minimum atomic E-state index is -0.331. The number of halogens is 1. The number of nitrogens with one attached hydrogen (secondary N) is 1.